The second-order valence-corrected chi connectivity index (χ2v) is 10.1. The van der Waals surface area contributed by atoms with Crippen molar-refractivity contribution in [2.45, 2.75) is 50.0 Å². The molecule has 0 spiro atoms. The van der Waals surface area contributed by atoms with Gasteiger partial charge in [-0.25, -0.2) is 8.42 Å². The van der Waals surface area contributed by atoms with Crippen LogP contribution in [0.1, 0.15) is 39.0 Å². The average Bonchev–Trinajstić information content (AvgIpc) is 3.33. The molecule has 28 heavy (non-hydrogen) atoms. The van der Waals surface area contributed by atoms with Gasteiger partial charge in [-0.15, -0.1) is 0 Å². The van der Waals surface area contributed by atoms with Crippen molar-refractivity contribution in [3.63, 3.8) is 0 Å². The zero-order chi connectivity index (χ0) is 19.8. The van der Waals surface area contributed by atoms with Crippen LogP contribution in [-0.2, 0) is 14.8 Å². The van der Waals surface area contributed by atoms with Crippen molar-refractivity contribution >= 4 is 15.9 Å². The summed E-state index contributed by atoms with van der Waals surface area (Å²) in [5.41, 5.74) is -0.445. The van der Waals surface area contributed by atoms with E-state index in [-0.39, 0.29) is 16.8 Å². The molecule has 0 radical (unpaired) electrons. The van der Waals surface area contributed by atoms with Crippen molar-refractivity contribution in [2.75, 3.05) is 39.3 Å². The molecule has 1 amide bonds. The molecule has 1 aromatic heterocycles. The minimum atomic E-state index is -3.58. The van der Waals surface area contributed by atoms with Crippen LogP contribution < -0.4 is 0 Å². The SMILES string of the molecule is CCN1CC[C@]2(C(=O)N3CCCC3)CCN(S(=O)(=O)c3cccnc3)CC[C@H]12. The van der Waals surface area contributed by atoms with E-state index in [0.29, 0.717) is 25.9 Å². The summed E-state index contributed by atoms with van der Waals surface area (Å²) in [5.74, 6) is 0.256. The van der Waals surface area contributed by atoms with Crippen LogP contribution in [0, 0.1) is 5.41 Å². The van der Waals surface area contributed by atoms with Gasteiger partial charge in [0.2, 0.25) is 15.9 Å². The third kappa shape index (κ3) is 3.25. The van der Waals surface area contributed by atoms with Crippen LogP contribution in [0.25, 0.3) is 0 Å². The molecular formula is C20H30N4O3S. The zero-order valence-electron chi connectivity index (χ0n) is 16.6. The van der Waals surface area contributed by atoms with Crippen molar-refractivity contribution in [2.24, 2.45) is 5.41 Å². The van der Waals surface area contributed by atoms with Crippen molar-refractivity contribution in [1.82, 2.24) is 19.1 Å². The molecule has 0 bridgehead atoms. The molecule has 154 valence electrons. The maximum absolute atomic E-state index is 13.6. The van der Waals surface area contributed by atoms with Gasteiger partial charge in [-0.2, -0.15) is 4.31 Å². The molecule has 7 nitrogen and oxygen atoms in total. The van der Waals surface area contributed by atoms with E-state index in [9.17, 15) is 13.2 Å². The minimum absolute atomic E-state index is 0.125. The normalized spacial score (nSPS) is 29.6. The smallest absolute Gasteiger partial charge is 0.244 e. The van der Waals surface area contributed by atoms with E-state index in [4.69, 9.17) is 0 Å². The molecule has 3 saturated heterocycles. The highest BCUT2D eigenvalue weighted by atomic mass is 32.2. The summed E-state index contributed by atoms with van der Waals surface area (Å²) < 4.78 is 27.8. The van der Waals surface area contributed by atoms with Gasteiger partial charge in [0.05, 0.1) is 5.41 Å². The van der Waals surface area contributed by atoms with E-state index in [0.717, 1.165) is 45.4 Å². The van der Waals surface area contributed by atoms with E-state index in [1.165, 1.54) is 6.20 Å². The van der Waals surface area contributed by atoms with Gasteiger partial charge in [0.15, 0.2) is 0 Å². The Kier molecular flexibility index (Phi) is 5.46. The first-order chi connectivity index (χ1) is 13.5. The number of aromatic nitrogens is 1. The van der Waals surface area contributed by atoms with Gasteiger partial charge in [-0.3, -0.25) is 14.7 Å². The summed E-state index contributed by atoms with van der Waals surface area (Å²) in [5, 5.41) is 0. The zero-order valence-corrected chi connectivity index (χ0v) is 17.4. The van der Waals surface area contributed by atoms with Crippen LogP contribution in [0.15, 0.2) is 29.4 Å². The number of amides is 1. The summed E-state index contributed by atoms with van der Waals surface area (Å²) in [4.78, 5) is 22.2. The Hall–Kier alpha value is -1.51. The molecule has 8 heteroatoms. The maximum atomic E-state index is 13.6. The third-order valence-electron chi connectivity index (χ3n) is 6.88. The molecule has 0 N–H and O–H groups in total. The standard InChI is InChI=1S/C20H30N4O3S/c1-2-22-14-8-20(19(25)23-11-3-4-12-23)9-15-24(13-7-18(20)22)28(26,27)17-6-5-10-21-16-17/h5-6,10,16,18H,2-4,7-9,11-15H2,1H3/t18-,20-/m0/s1. The van der Waals surface area contributed by atoms with Crippen LogP contribution in [-0.4, -0.2) is 78.7 Å². The number of carbonyl (C=O) groups is 1. The van der Waals surface area contributed by atoms with Crippen molar-refractivity contribution in [1.29, 1.82) is 0 Å². The Morgan fingerprint density at radius 3 is 2.61 bits per heavy atom. The number of rotatable bonds is 4. The molecule has 0 aromatic carbocycles. The minimum Gasteiger partial charge on any atom is -0.342 e. The molecule has 0 aliphatic carbocycles. The monoisotopic (exact) mass is 406 g/mol. The predicted molar refractivity (Wildman–Crippen MR) is 106 cm³/mol. The summed E-state index contributed by atoms with van der Waals surface area (Å²) in [6.07, 6.45) is 7.27. The van der Waals surface area contributed by atoms with Crippen LogP contribution in [0.5, 0.6) is 0 Å². The number of sulfonamides is 1. The molecule has 3 aliphatic heterocycles. The molecule has 0 unspecified atom stereocenters. The Balaban J connectivity index is 1.62. The fraction of sp³-hybridized carbons (Fsp3) is 0.700. The molecule has 4 rings (SSSR count). The van der Waals surface area contributed by atoms with Gasteiger partial charge in [0.1, 0.15) is 4.90 Å². The number of nitrogens with zero attached hydrogens (tertiary/aromatic N) is 4. The number of hydrogen-bond donors (Lipinski definition) is 0. The Bertz CT molecular complexity index is 810. The lowest BCUT2D eigenvalue weighted by Gasteiger charge is -2.38. The van der Waals surface area contributed by atoms with Crippen molar-refractivity contribution in [3.8, 4) is 0 Å². The summed E-state index contributed by atoms with van der Waals surface area (Å²) in [6.45, 7) is 6.49. The number of carbonyl (C=O) groups excluding carboxylic acids is 1. The van der Waals surface area contributed by atoms with Gasteiger partial charge in [-0.05, 0) is 57.3 Å². The molecule has 2 atom stereocenters. The van der Waals surface area contributed by atoms with E-state index in [1.54, 1.807) is 22.6 Å². The second-order valence-electron chi connectivity index (χ2n) is 8.18. The van der Waals surface area contributed by atoms with E-state index < -0.39 is 15.4 Å². The highest BCUT2D eigenvalue weighted by Gasteiger charge is 2.55. The van der Waals surface area contributed by atoms with Gasteiger partial charge in [0.25, 0.3) is 0 Å². The highest BCUT2D eigenvalue weighted by Crippen LogP contribution is 2.46. The predicted octanol–water partition coefficient (Wildman–Crippen LogP) is 1.57. The molecule has 0 saturated carbocycles. The lowest BCUT2D eigenvalue weighted by atomic mass is 9.75. The quantitative estimate of drug-likeness (QED) is 0.759. The first-order valence-corrected chi connectivity index (χ1v) is 11.9. The number of likely N-dealkylation sites (tertiary alicyclic amines) is 2. The number of fused-ring (bicyclic) bond motifs is 1. The topological polar surface area (TPSA) is 73.8 Å². The fourth-order valence-corrected chi connectivity index (χ4v) is 6.75. The number of hydrogen-bond acceptors (Lipinski definition) is 5. The first kappa shape index (κ1) is 19.8. The van der Waals surface area contributed by atoms with E-state index in [2.05, 4.69) is 16.8 Å². The van der Waals surface area contributed by atoms with Crippen LogP contribution >= 0.6 is 0 Å². The third-order valence-corrected chi connectivity index (χ3v) is 8.76. The van der Waals surface area contributed by atoms with E-state index in [1.807, 2.05) is 4.90 Å². The molecule has 4 heterocycles. The lowest BCUT2D eigenvalue weighted by molar-refractivity contribution is -0.143. The lowest BCUT2D eigenvalue weighted by Crippen LogP contribution is -2.50. The maximum Gasteiger partial charge on any atom is 0.244 e. The summed E-state index contributed by atoms with van der Waals surface area (Å²) in [6, 6.07) is 3.37. The fourth-order valence-electron chi connectivity index (χ4n) is 5.33. The van der Waals surface area contributed by atoms with Crippen LogP contribution in [0.3, 0.4) is 0 Å². The summed E-state index contributed by atoms with van der Waals surface area (Å²) in [7, 11) is -3.58. The van der Waals surface area contributed by atoms with Crippen LogP contribution in [0.2, 0.25) is 0 Å². The van der Waals surface area contributed by atoms with Crippen molar-refractivity contribution in [3.05, 3.63) is 24.5 Å². The summed E-state index contributed by atoms with van der Waals surface area (Å²) >= 11 is 0. The first-order valence-electron chi connectivity index (χ1n) is 10.4. The Labute approximate surface area is 167 Å². The molecule has 3 aliphatic rings. The second kappa shape index (κ2) is 7.72. The molecular weight excluding hydrogens is 376 g/mol. The molecule has 3 fully saturated rings. The Morgan fingerprint density at radius 1 is 1.18 bits per heavy atom. The highest BCUT2D eigenvalue weighted by molar-refractivity contribution is 7.89. The molecule has 1 aromatic rings. The van der Waals surface area contributed by atoms with E-state index >= 15 is 0 Å². The average molecular weight is 407 g/mol. The number of pyridine rings is 1. The van der Waals surface area contributed by atoms with Gasteiger partial charge < -0.3 is 4.90 Å². The van der Waals surface area contributed by atoms with Gasteiger partial charge in [0, 0.05) is 44.6 Å². The largest absolute Gasteiger partial charge is 0.342 e. The Morgan fingerprint density at radius 2 is 1.93 bits per heavy atom. The van der Waals surface area contributed by atoms with Crippen molar-refractivity contribution < 1.29 is 13.2 Å². The van der Waals surface area contributed by atoms with Gasteiger partial charge in [-0.1, -0.05) is 6.92 Å². The van der Waals surface area contributed by atoms with Gasteiger partial charge >= 0.3 is 0 Å². The van der Waals surface area contributed by atoms with Crippen LogP contribution in [0.4, 0.5) is 0 Å².